The first-order valence-corrected chi connectivity index (χ1v) is 8.23. The number of aliphatic hydroxyl groups excluding tert-OH is 1. The number of hydrogen-bond acceptors (Lipinski definition) is 3. The minimum absolute atomic E-state index is 0.00354. The fourth-order valence-corrected chi connectivity index (χ4v) is 3.20. The average molecular weight is 323 g/mol. The van der Waals surface area contributed by atoms with Gasteiger partial charge >= 0.3 is 0 Å². The minimum atomic E-state index is -0.559. The van der Waals surface area contributed by atoms with Crippen LogP contribution in [0.1, 0.15) is 43.5 Å². The van der Waals surface area contributed by atoms with Crippen molar-refractivity contribution >= 4 is 5.91 Å². The number of rotatable bonds is 5. The number of piperidine rings is 1. The lowest BCUT2D eigenvalue weighted by Gasteiger charge is -2.35. The highest BCUT2D eigenvalue weighted by atomic mass is 19.1. The smallest absolute Gasteiger partial charge is 0.260 e. The number of benzene rings is 1. The molecule has 1 aliphatic heterocycles. The Morgan fingerprint density at radius 1 is 1.39 bits per heavy atom. The Bertz CT molecular complexity index is 539. The molecule has 0 aromatic heterocycles. The summed E-state index contributed by atoms with van der Waals surface area (Å²) in [4.78, 5) is 14.3. The van der Waals surface area contributed by atoms with Crippen molar-refractivity contribution in [3.05, 3.63) is 29.6 Å². The summed E-state index contributed by atoms with van der Waals surface area (Å²) in [5.41, 5.74) is -0.00354. The lowest BCUT2D eigenvalue weighted by molar-refractivity contribution is 0.0381. The summed E-state index contributed by atoms with van der Waals surface area (Å²) < 4.78 is 19.1. The molecule has 0 bridgehead atoms. The number of likely N-dealkylation sites (tertiary alicyclic amines) is 1. The zero-order valence-corrected chi connectivity index (χ0v) is 14.1. The monoisotopic (exact) mass is 323 g/mol. The quantitative estimate of drug-likeness (QED) is 0.906. The van der Waals surface area contributed by atoms with Gasteiger partial charge < -0.3 is 14.7 Å². The van der Waals surface area contributed by atoms with Crippen LogP contribution in [-0.2, 0) is 0 Å². The Morgan fingerprint density at radius 2 is 2.04 bits per heavy atom. The van der Waals surface area contributed by atoms with E-state index in [2.05, 4.69) is 13.8 Å². The number of carbonyl (C=O) groups excluding carboxylic acids is 1. The zero-order valence-electron chi connectivity index (χ0n) is 14.1. The van der Waals surface area contributed by atoms with E-state index in [1.165, 1.54) is 19.2 Å². The Balaban J connectivity index is 2.02. The molecule has 1 aliphatic rings. The molecule has 2 rings (SSSR count). The van der Waals surface area contributed by atoms with Crippen molar-refractivity contribution in [1.82, 2.24) is 4.90 Å². The molecule has 1 N–H and O–H groups in total. The third-order valence-corrected chi connectivity index (χ3v) is 4.49. The molecule has 1 heterocycles. The predicted molar refractivity (Wildman–Crippen MR) is 87.0 cm³/mol. The highest BCUT2D eigenvalue weighted by Crippen LogP contribution is 2.28. The molecule has 1 fully saturated rings. The molecular weight excluding hydrogens is 297 g/mol. The van der Waals surface area contributed by atoms with Gasteiger partial charge in [0.05, 0.1) is 13.2 Å². The van der Waals surface area contributed by atoms with Crippen LogP contribution in [0.4, 0.5) is 4.39 Å². The number of methoxy groups -OCH3 is 1. The summed E-state index contributed by atoms with van der Waals surface area (Å²) in [6.45, 7) is 5.25. The van der Waals surface area contributed by atoms with Crippen molar-refractivity contribution in [3.8, 4) is 5.75 Å². The van der Waals surface area contributed by atoms with Gasteiger partial charge in [-0.15, -0.1) is 0 Å². The van der Waals surface area contributed by atoms with E-state index in [4.69, 9.17) is 4.74 Å². The van der Waals surface area contributed by atoms with Crippen molar-refractivity contribution < 1.29 is 19.0 Å². The van der Waals surface area contributed by atoms with Gasteiger partial charge in [-0.25, -0.2) is 4.39 Å². The predicted octanol–water partition coefficient (Wildman–Crippen LogP) is 3.09. The molecule has 0 saturated carbocycles. The molecule has 5 heteroatoms. The zero-order chi connectivity index (χ0) is 17.0. The first kappa shape index (κ1) is 17.7. The number of aliphatic hydroxyl groups is 1. The summed E-state index contributed by atoms with van der Waals surface area (Å²) in [7, 11) is 1.43. The van der Waals surface area contributed by atoms with Crippen molar-refractivity contribution in [3.63, 3.8) is 0 Å². The van der Waals surface area contributed by atoms with Crippen LogP contribution < -0.4 is 4.74 Å². The number of halogens is 1. The first-order chi connectivity index (χ1) is 10.9. The number of ether oxygens (including phenoxy) is 1. The fraction of sp³-hybridized carbons (Fsp3) is 0.611. The lowest BCUT2D eigenvalue weighted by atomic mass is 9.87. The maximum absolute atomic E-state index is 14.0. The third kappa shape index (κ3) is 4.22. The molecule has 0 aliphatic carbocycles. The second-order valence-corrected chi connectivity index (χ2v) is 6.64. The van der Waals surface area contributed by atoms with Crippen molar-refractivity contribution in [2.45, 2.75) is 39.2 Å². The van der Waals surface area contributed by atoms with Crippen LogP contribution in [0.3, 0.4) is 0 Å². The van der Waals surface area contributed by atoms with Crippen LogP contribution in [0.5, 0.6) is 5.75 Å². The van der Waals surface area contributed by atoms with E-state index in [0.29, 0.717) is 19.0 Å². The van der Waals surface area contributed by atoms with Crippen LogP contribution >= 0.6 is 0 Å². The van der Waals surface area contributed by atoms with Gasteiger partial charge in [-0.1, -0.05) is 19.9 Å². The Morgan fingerprint density at radius 3 is 2.61 bits per heavy atom. The van der Waals surface area contributed by atoms with Gasteiger partial charge in [0, 0.05) is 13.1 Å². The molecule has 23 heavy (non-hydrogen) atoms. The Hall–Kier alpha value is -1.62. The van der Waals surface area contributed by atoms with E-state index in [9.17, 15) is 14.3 Å². The van der Waals surface area contributed by atoms with E-state index in [-0.39, 0.29) is 29.2 Å². The highest BCUT2D eigenvalue weighted by molar-refractivity contribution is 5.97. The molecule has 1 atom stereocenters. The molecule has 1 aromatic carbocycles. The summed E-state index contributed by atoms with van der Waals surface area (Å²) in [5.74, 6) is 0.0290. The van der Waals surface area contributed by atoms with Gasteiger partial charge in [0.2, 0.25) is 0 Å². The molecule has 0 radical (unpaired) electrons. The van der Waals surface area contributed by atoms with Gasteiger partial charge in [0.1, 0.15) is 17.1 Å². The average Bonchev–Trinajstić information content (AvgIpc) is 2.53. The molecule has 1 saturated heterocycles. The number of nitrogens with zero attached hydrogens (tertiary/aromatic N) is 1. The first-order valence-electron chi connectivity index (χ1n) is 8.23. The SMILES string of the molecule is COc1cccc(F)c1C(=O)N1CCC([C@@H](O)CC(C)C)CC1. The van der Waals surface area contributed by atoms with Gasteiger partial charge in [-0.3, -0.25) is 4.79 Å². The van der Waals surface area contributed by atoms with Crippen molar-refractivity contribution in [2.75, 3.05) is 20.2 Å². The Labute approximate surface area is 137 Å². The molecular formula is C18H26FNO3. The van der Waals surface area contributed by atoms with Gasteiger partial charge in [-0.05, 0) is 43.2 Å². The molecule has 0 spiro atoms. The number of hydrogen-bond donors (Lipinski definition) is 1. The van der Waals surface area contributed by atoms with E-state index >= 15 is 0 Å². The summed E-state index contributed by atoms with van der Waals surface area (Å²) in [6, 6.07) is 4.39. The summed E-state index contributed by atoms with van der Waals surface area (Å²) in [5, 5.41) is 10.2. The van der Waals surface area contributed by atoms with Gasteiger partial charge in [0.25, 0.3) is 5.91 Å². The highest BCUT2D eigenvalue weighted by Gasteiger charge is 2.30. The van der Waals surface area contributed by atoms with Crippen LogP contribution in [0.15, 0.2) is 18.2 Å². The molecule has 4 nitrogen and oxygen atoms in total. The molecule has 0 unspecified atom stereocenters. The maximum Gasteiger partial charge on any atom is 0.260 e. The van der Waals surface area contributed by atoms with E-state index in [1.807, 2.05) is 0 Å². The summed E-state index contributed by atoms with van der Waals surface area (Å²) >= 11 is 0. The topological polar surface area (TPSA) is 49.8 Å². The number of amides is 1. The second-order valence-electron chi connectivity index (χ2n) is 6.64. The van der Waals surface area contributed by atoms with Crippen molar-refractivity contribution in [1.29, 1.82) is 0 Å². The lowest BCUT2D eigenvalue weighted by Crippen LogP contribution is -2.41. The van der Waals surface area contributed by atoms with Crippen molar-refractivity contribution in [2.24, 2.45) is 11.8 Å². The second kappa shape index (κ2) is 7.77. The van der Waals surface area contributed by atoms with Crippen LogP contribution in [0, 0.1) is 17.7 Å². The van der Waals surface area contributed by atoms with Gasteiger partial charge in [-0.2, -0.15) is 0 Å². The van der Waals surface area contributed by atoms with E-state index in [0.717, 1.165) is 19.3 Å². The largest absolute Gasteiger partial charge is 0.496 e. The maximum atomic E-state index is 14.0. The van der Waals surface area contributed by atoms with Gasteiger partial charge in [0.15, 0.2) is 0 Å². The van der Waals surface area contributed by atoms with E-state index < -0.39 is 5.82 Å². The van der Waals surface area contributed by atoms with E-state index in [1.54, 1.807) is 11.0 Å². The summed E-state index contributed by atoms with van der Waals surface area (Å²) in [6.07, 6.45) is 1.95. The Kier molecular flexibility index (Phi) is 5.99. The van der Waals surface area contributed by atoms with Crippen LogP contribution in [0.25, 0.3) is 0 Å². The fourth-order valence-electron chi connectivity index (χ4n) is 3.20. The third-order valence-electron chi connectivity index (χ3n) is 4.49. The van der Waals surface area contributed by atoms with Crippen LogP contribution in [-0.4, -0.2) is 42.2 Å². The molecule has 1 amide bonds. The normalized spacial score (nSPS) is 17.4. The molecule has 128 valence electrons. The van der Waals surface area contributed by atoms with Crippen LogP contribution in [0.2, 0.25) is 0 Å². The number of carbonyl (C=O) groups is 1. The standard InChI is InChI=1S/C18H26FNO3/c1-12(2)11-15(21)13-7-9-20(10-8-13)18(22)17-14(19)5-4-6-16(17)23-3/h4-6,12-13,15,21H,7-11H2,1-3H3/t15-/m0/s1. The molecule has 1 aromatic rings. The minimum Gasteiger partial charge on any atom is -0.496 e.